The Morgan fingerprint density at radius 3 is 2.63 bits per heavy atom. The van der Waals surface area contributed by atoms with Crippen LogP contribution in [-0.2, 0) is 0 Å². The van der Waals surface area contributed by atoms with E-state index >= 15 is 0 Å². The maximum atomic E-state index is 14.4. The number of rotatable bonds is 6. The van der Waals surface area contributed by atoms with Crippen molar-refractivity contribution >= 4 is 17.5 Å². The summed E-state index contributed by atoms with van der Waals surface area (Å²) in [4.78, 5) is 15.5. The predicted octanol–water partition coefficient (Wildman–Crippen LogP) is 5.01. The van der Waals surface area contributed by atoms with Crippen LogP contribution in [0.15, 0.2) is 53.1 Å². The SMILES string of the molecule is Cc1onc(-c2c(F)cccc2Cl)c1C(=O)NC[C@H](c1ccccc1)N1CCCC1. The van der Waals surface area contributed by atoms with Crippen molar-refractivity contribution in [2.45, 2.75) is 25.8 Å². The third-order valence-corrected chi connectivity index (χ3v) is 5.83. The summed E-state index contributed by atoms with van der Waals surface area (Å²) >= 11 is 6.18. The first-order valence-corrected chi connectivity index (χ1v) is 10.4. The normalized spacial score (nSPS) is 15.3. The van der Waals surface area contributed by atoms with Crippen LogP contribution in [0.5, 0.6) is 0 Å². The van der Waals surface area contributed by atoms with E-state index in [-0.39, 0.29) is 33.8 Å². The fraction of sp³-hybridized carbons (Fsp3) is 0.304. The Morgan fingerprint density at radius 2 is 1.93 bits per heavy atom. The maximum Gasteiger partial charge on any atom is 0.257 e. The number of hydrogen-bond acceptors (Lipinski definition) is 4. The molecule has 30 heavy (non-hydrogen) atoms. The van der Waals surface area contributed by atoms with E-state index < -0.39 is 5.82 Å². The first-order valence-electron chi connectivity index (χ1n) is 10.0. The topological polar surface area (TPSA) is 58.4 Å². The van der Waals surface area contributed by atoms with Crippen LogP contribution in [-0.4, -0.2) is 35.6 Å². The summed E-state index contributed by atoms with van der Waals surface area (Å²) < 4.78 is 19.7. The number of carbonyl (C=O) groups is 1. The summed E-state index contributed by atoms with van der Waals surface area (Å²) in [7, 11) is 0. The van der Waals surface area contributed by atoms with Crippen LogP contribution >= 0.6 is 11.6 Å². The van der Waals surface area contributed by atoms with Gasteiger partial charge < -0.3 is 9.84 Å². The van der Waals surface area contributed by atoms with Crippen LogP contribution in [0.25, 0.3) is 11.3 Å². The summed E-state index contributed by atoms with van der Waals surface area (Å²) in [6, 6.07) is 14.6. The number of likely N-dealkylation sites (tertiary alicyclic amines) is 1. The average molecular weight is 428 g/mol. The lowest BCUT2D eigenvalue weighted by molar-refractivity contribution is 0.0937. The Hall–Kier alpha value is -2.70. The van der Waals surface area contributed by atoms with Gasteiger partial charge in [-0.15, -0.1) is 0 Å². The van der Waals surface area contributed by atoms with E-state index in [1.165, 1.54) is 12.1 Å². The molecule has 1 atom stereocenters. The third kappa shape index (κ3) is 4.11. The van der Waals surface area contributed by atoms with Gasteiger partial charge in [-0.05, 0) is 50.6 Å². The number of amides is 1. The first kappa shape index (κ1) is 20.6. The molecule has 5 nitrogen and oxygen atoms in total. The van der Waals surface area contributed by atoms with Crippen molar-refractivity contribution in [2.75, 3.05) is 19.6 Å². The molecule has 7 heteroatoms. The highest BCUT2D eigenvalue weighted by atomic mass is 35.5. The molecule has 0 aliphatic carbocycles. The largest absolute Gasteiger partial charge is 0.360 e. The van der Waals surface area contributed by atoms with Gasteiger partial charge in [-0.2, -0.15) is 0 Å². The molecule has 0 saturated carbocycles. The molecular formula is C23H23ClFN3O2. The highest BCUT2D eigenvalue weighted by molar-refractivity contribution is 6.33. The molecule has 1 saturated heterocycles. The Morgan fingerprint density at radius 1 is 1.20 bits per heavy atom. The zero-order valence-corrected chi connectivity index (χ0v) is 17.5. The van der Waals surface area contributed by atoms with Gasteiger partial charge in [0.05, 0.1) is 16.6 Å². The molecule has 1 fully saturated rings. The van der Waals surface area contributed by atoms with Crippen molar-refractivity contribution in [1.82, 2.24) is 15.4 Å². The number of halogens is 2. The Bertz CT molecular complexity index is 1010. The maximum absolute atomic E-state index is 14.4. The molecule has 0 bridgehead atoms. The van der Waals surface area contributed by atoms with Crippen LogP contribution in [0.3, 0.4) is 0 Å². The van der Waals surface area contributed by atoms with Crippen LogP contribution < -0.4 is 5.32 Å². The van der Waals surface area contributed by atoms with Gasteiger partial charge in [-0.25, -0.2) is 4.39 Å². The average Bonchev–Trinajstić information content (AvgIpc) is 3.39. The number of benzene rings is 2. The quantitative estimate of drug-likeness (QED) is 0.600. The summed E-state index contributed by atoms with van der Waals surface area (Å²) in [6.07, 6.45) is 2.30. The molecule has 2 heterocycles. The minimum Gasteiger partial charge on any atom is -0.360 e. The van der Waals surface area contributed by atoms with Crippen LogP contribution in [0.4, 0.5) is 4.39 Å². The van der Waals surface area contributed by atoms with Crippen LogP contribution in [0, 0.1) is 12.7 Å². The minimum atomic E-state index is -0.552. The van der Waals surface area contributed by atoms with Crippen molar-refractivity contribution in [2.24, 2.45) is 0 Å². The van der Waals surface area contributed by atoms with Crippen molar-refractivity contribution in [3.05, 3.63) is 76.3 Å². The van der Waals surface area contributed by atoms with Gasteiger partial charge in [0, 0.05) is 6.54 Å². The number of aryl methyl sites for hydroxylation is 1. The lowest BCUT2D eigenvalue weighted by Gasteiger charge is -2.28. The van der Waals surface area contributed by atoms with E-state index in [2.05, 4.69) is 27.5 Å². The molecule has 0 radical (unpaired) electrons. The molecule has 2 aromatic carbocycles. The van der Waals surface area contributed by atoms with E-state index in [9.17, 15) is 9.18 Å². The predicted molar refractivity (Wildman–Crippen MR) is 114 cm³/mol. The van der Waals surface area contributed by atoms with Crippen LogP contribution in [0.2, 0.25) is 5.02 Å². The molecule has 1 amide bonds. The summed E-state index contributed by atoms with van der Waals surface area (Å²) in [5, 5.41) is 7.10. The Labute approximate surface area is 179 Å². The van der Waals surface area contributed by atoms with Gasteiger partial charge in [0.15, 0.2) is 0 Å². The van der Waals surface area contributed by atoms with E-state index in [4.69, 9.17) is 16.1 Å². The van der Waals surface area contributed by atoms with Crippen LogP contribution in [0.1, 0.15) is 40.6 Å². The molecule has 0 unspecified atom stereocenters. The van der Waals surface area contributed by atoms with E-state index in [1.807, 2.05) is 18.2 Å². The van der Waals surface area contributed by atoms with Gasteiger partial charge in [0.2, 0.25) is 0 Å². The summed E-state index contributed by atoms with van der Waals surface area (Å²) in [6.45, 7) is 4.06. The lowest BCUT2D eigenvalue weighted by Crippen LogP contribution is -2.37. The van der Waals surface area contributed by atoms with Gasteiger partial charge in [-0.3, -0.25) is 9.69 Å². The highest BCUT2D eigenvalue weighted by Crippen LogP contribution is 2.33. The van der Waals surface area contributed by atoms with Crippen molar-refractivity contribution in [3.63, 3.8) is 0 Å². The second-order valence-electron chi connectivity index (χ2n) is 7.44. The molecule has 1 N–H and O–H groups in total. The minimum absolute atomic E-state index is 0.0679. The smallest absolute Gasteiger partial charge is 0.257 e. The lowest BCUT2D eigenvalue weighted by atomic mass is 10.0. The first-order chi connectivity index (χ1) is 14.6. The molecular weight excluding hydrogens is 405 g/mol. The second kappa shape index (κ2) is 8.98. The van der Waals surface area contributed by atoms with Gasteiger partial charge in [0.1, 0.15) is 22.8 Å². The molecule has 156 valence electrons. The molecule has 0 spiro atoms. The third-order valence-electron chi connectivity index (χ3n) is 5.51. The molecule has 1 aromatic heterocycles. The molecule has 4 rings (SSSR count). The van der Waals surface area contributed by atoms with E-state index in [0.717, 1.165) is 31.5 Å². The fourth-order valence-electron chi connectivity index (χ4n) is 4.00. The zero-order valence-electron chi connectivity index (χ0n) is 16.7. The molecule has 1 aliphatic heterocycles. The number of nitrogens with one attached hydrogen (secondary N) is 1. The molecule has 3 aromatic rings. The van der Waals surface area contributed by atoms with Crippen molar-refractivity contribution in [3.8, 4) is 11.3 Å². The van der Waals surface area contributed by atoms with Crippen molar-refractivity contribution < 1.29 is 13.7 Å². The van der Waals surface area contributed by atoms with Gasteiger partial charge in [0.25, 0.3) is 5.91 Å². The monoisotopic (exact) mass is 427 g/mol. The van der Waals surface area contributed by atoms with Gasteiger partial charge in [-0.1, -0.05) is 53.2 Å². The number of aromatic nitrogens is 1. The summed E-state index contributed by atoms with van der Waals surface area (Å²) in [5.41, 5.74) is 1.54. The van der Waals surface area contributed by atoms with E-state index in [0.29, 0.717) is 12.3 Å². The Kier molecular flexibility index (Phi) is 6.16. The number of nitrogens with zero attached hydrogens (tertiary/aromatic N) is 2. The fourth-order valence-corrected chi connectivity index (χ4v) is 4.25. The summed E-state index contributed by atoms with van der Waals surface area (Å²) in [5.74, 6) is -0.591. The standard InChI is InChI=1S/C23H23ClFN3O2/c1-15-20(22(27-30-15)21-17(24)10-7-11-18(21)25)23(29)26-14-19(28-12-5-6-13-28)16-8-3-2-4-9-16/h2-4,7-11,19H,5-6,12-14H2,1H3,(H,26,29)/t19-/m1/s1. The van der Waals surface area contributed by atoms with E-state index in [1.54, 1.807) is 13.0 Å². The highest BCUT2D eigenvalue weighted by Gasteiger charge is 2.28. The molecule has 1 aliphatic rings. The number of carbonyl (C=O) groups excluding carboxylic acids is 1. The Balaban J connectivity index is 1.59. The van der Waals surface area contributed by atoms with Gasteiger partial charge >= 0.3 is 0 Å². The zero-order chi connectivity index (χ0) is 21.1. The second-order valence-corrected chi connectivity index (χ2v) is 7.85. The number of hydrogen-bond donors (Lipinski definition) is 1. The van der Waals surface area contributed by atoms with Crippen molar-refractivity contribution in [1.29, 1.82) is 0 Å².